The number of nitrogens with zero attached hydrogens (tertiary/aromatic N) is 1. The van der Waals surface area contributed by atoms with Gasteiger partial charge in [-0.05, 0) is 0 Å². The first kappa shape index (κ1) is 36.4. The normalized spacial score (nSPS) is 21.2. The van der Waals surface area contributed by atoms with Crippen LogP contribution in [0.5, 0.6) is 0 Å². The van der Waals surface area contributed by atoms with Crippen LogP contribution in [0.3, 0.4) is 0 Å². The topological polar surface area (TPSA) is 209 Å². The third kappa shape index (κ3) is 12.2. The average molecular weight is 494 g/mol. The number of ether oxygens (including phenoxy) is 1. The number of H-pyrrole nitrogens is 1. The summed E-state index contributed by atoms with van der Waals surface area (Å²) in [4.78, 5) is 66.7. The molecule has 1 fully saturated rings. The Morgan fingerprint density at radius 2 is 1.69 bits per heavy atom. The number of hydrogen-bond donors (Lipinski definition) is 1. The van der Waals surface area contributed by atoms with Gasteiger partial charge in [0.2, 0.25) is 5.82 Å². The summed E-state index contributed by atoms with van der Waals surface area (Å²) in [6, 6.07) is 0. The molecule has 1 aromatic heterocycles. The van der Waals surface area contributed by atoms with Crippen LogP contribution in [0.1, 0.15) is 12.6 Å². The minimum atomic E-state index is -5.54. The molecular weight excluding hydrogens is 485 g/mol. The van der Waals surface area contributed by atoms with Crippen molar-refractivity contribution in [2.24, 2.45) is 0 Å². The van der Waals surface area contributed by atoms with E-state index in [1.165, 1.54) is 0 Å². The third-order valence-corrected chi connectivity index (χ3v) is 4.07. The molecule has 0 radical (unpaired) electrons. The number of hydrogen-bond acceptors (Lipinski definition) is 11. The molecule has 20 heteroatoms. The summed E-state index contributed by atoms with van der Waals surface area (Å²) >= 11 is 0. The SMILES string of the molecule is O=c1[nH]c(=O)n([C@H]2C[C@H](OP(=O)([O-])[O-])[C@@H](COP(=O)([O-])[O-])O2)cc1F.[Na+].[Na+].[Na+].[Na+]. The van der Waals surface area contributed by atoms with Crippen molar-refractivity contribution in [1.29, 1.82) is 0 Å². The van der Waals surface area contributed by atoms with E-state index < -0.39 is 64.2 Å². The first-order valence-corrected chi connectivity index (χ1v) is 9.31. The second-order valence-electron chi connectivity index (χ2n) is 4.84. The van der Waals surface area contributed by atoms with E-state index in [4.69, 9.17) is 4.74 Å². The molecule has 142 valence electrons. The molecule has 2 heterocycles. The van der Waals surface area contributed by atoms with Crippen LogP contribution in [0.15, 0.2) is 15.8 Å². The van der Waals surface area contributed by atoms with E-state index in [-0.39, 0.29) is 118 Å². The molecule has 13 nitrogen and oxygen atoms in total. The van der Waals surface area contributed by atoms with E-state index in [1.54, 1.807) is 4.98 Å². The summed E-state index contributed by atoms with van der Waals surface area (Å²) in [5, 5.41) is 0. The number of phosphoric acid groups is 2. The van der Waals surface area contributed by atoms with Crippen molar-refractivity contribution in [3.05, 3.63) is 32.9 Å². The Hall–Kier alpha value is 2.79. The van der Waals surface area contributed by atoms with Crippen molar-refractivity contribution in [3.8, 4) is 0 Å². The maximum absolute atomic E-state index is 13.3. The summed E-state index contributed by atoms with van der Waals surface area (Å²) in [5.74, 6) is -1.36. The van der Waals surface area contributed by atoms with Gasteiger partial charge in [0.1, 0.15) is 12.3 Å². The number of rotatable bonds is 6. The van der Waals surface area contributed by atoms with E-state index in [2.05, 4.69) is 9.05 Å². The molecule has 0 bridgehead atoms. The standard InChI is InChI=1S/C9H13FN2O11P2.4Na/c10-4-2-12(9(14)11-8(4)13)7-1-5(23-25(18,19)20)6(22-7)3-21-24(15,16)17;;;;/h2,5-7H,1,3H2,(H,11,13,14)(H2,15,16,17)(H2,18,19,20);;;;/q;4*+1/p-4/t5-,6+,7+;;;;/m0..../s1. The molecule has 0 aromatic carbocycles. The maximum Gasteiger partial charge on any atom is 1.00 e. The van der Waals surface area contributed by atoms with Gasteiger partial charge in [-0.3, -0.25) is 14.3 Å². The number of phosphoric ester groups is 2. The Balaban J connectivity index is -0.00000169. The molecule has 29 heavy (non-hydrogen) atoms. The first-order chi connectivity index (χ1) is 11.4. The van der Waals surface area contributed by atoms with Crippen LogP contribution in [0.4, 0.5) is 4.39 Å². The Bertz CT molecular complexity index is 857. The molecule has 1 aliphatic heterocycles. The summed E-state index contributed by atoms with van der Waals surface area (Å²) < 4.78 is 48.3. The van der Waals surface area contributed by atoms with Crippen LogP contribution in [-0.4, -0.2) is 28.4 Å². The van der Waals surface area contributed by atoms with Gasteiger partial charge < -0.3 is 42.5 Å². The Morgan fingerprint density at radius 1 is 1.14 bits per heavy atom. The molecule has 1 saturated heterocycles. The molecule has 0 aliphatic carbocycles. The average Bonchev–Trinajstić information content (AvgIpc) is 2.80. The van der Waals surface area contributed by atoms with E-state index in [0.717, 1.165) is 0 Å². The van der Waals surface area contributed by atoms with Gasteiger partial charge in [0, 0.05) is 6.42 Å². The molecule has 0 saturated carbocycles. The molecule has 1 aliphatic rings. The van der Waals surface area contributed by atoms with Crippen molar-refractivity contribution in [2.75, 3.05) is 6.61 Å². The van der Waals surface area contributed by atoms with Gasteiger partial charge in [0.25, 0.3) is 5.56 Å². The Morgan fingerprint density at radius 3 is 2.17 bits per heavy atom. The van der Waals surface area contributed by atoms with Gasteiger partial charge in [-0.1, -0.05) is 0 Å². The summed E-state index contributed by atoms with van der Waals surface area (Å²) in [6.45, 7) is -1.01. The fourth-order valence-electron chi connectivity index (χ4n) is 2.14. The van der Waals surface area contributed by atoms with E-state index in [1.807, 2.05) is 0 Å². The van der Waals surface area contributed by atoms with Crippen LogP contribution >= 0.6 is 15.6 Å². The first-order valence-electron chi connectivity index (χ1n) is 6.39. The van der Waals surface area contributed by atoms with Crippen LogP contribution in [0.2, 0.25) is 0 Å². The van der Waals surface area contributed by atoms with Crippen molar-refractivity contribution in [1.82, 2.24) is 9.55 Å². The number of aromatic nitrogens is 2. The molecule has 3 atom stereocenters. The maximum atomic E-state index is 13.3. The van der Waals surface area contributed by atoms with E-state index >= 15 is 0 Å². The van der Waals surface area contributed by atoms with Crippen molar-refractivity contribution >= 4 is 15.6 Å². The molecule has 0 unspecified atom stereocenters. The zero-order valence-corrected chi connectivity index (χ0v) is 25.7. The predicted octanol–water partition coefficient (Wildman–Crippen LogP) is -16.0. The van der Waals surface area contributed by atoms with Crippen LogP contribution in [-0.2, 0) is 22.9 Å². The predicted molar refractivity (Wildman–Crippen MR) is 65.8 cm³/mol. The van der Waals surface area contributed by atoms with Gasteiger partial charge in [-0.2, -0.15) is 4.39 Å². The summed E-state index contributed by atoms with van der Waals surface area (Å²) in [5.41, 5.74) is -2.43. The van der Waals surface area contributed by atoms with Crippen molar-refractivity contribution in [2.45, 2.75) is 24.9 Å². The molecule has 1 N–H and O–H groups in total. The fraction of sp³-hybridized carbons (Fsp3) is 0.556. The largest absolute Gasteiger partial charge is 1.00 e. The third-order valence-electron chi connectivity index (χ3n) is 3.08. The van der Waals surface area contributed by atoms with Crippen molar-refractivity contribution < 1.29 is 165 Å². The van der Waals surface area contributed by atoms with Crippen LogP contribution in [0, 0.1) is 5.82 Å². The van der Waals surface area contributed by atoms with E-state index in [9.17, 15) is 42.7 Å². The van der Waals surface area contributed by atoms with Crippen molar-refractivity contribution in [3.63, 3.8) is 0 Å². The summed E-state index contributed by atoms with van der Waals surface area (Å²) in [7, 11) is -11.0. The number of aromatic amines is 1. The summed E-state index contributed by atoms with van der Waals surface area (Å²) in [6.07, 6.45) is -4.65. The minimum Gasteiger partial charge on any atom is -0.790 e. The molecule has 0 spiro atoms. The van der Waals surface area contributed by atoms with E-state index in [0.29, 0.717) is 10.8 Å². The van der Waals surface area contributed by atoms with Gasteiger partial charge >= 0.3 is 124 Å². The zero-order chi connectivity index (χ0) is 19.0. The molecule has 0 amide bonds. The number of halogens is 1. The smallest absolute Gasteiger partial charge is 0.790 e. The minimum absolute atomic E-state index is 0. The van der Waals surface area contributed by atoms with Crippen LogP contribution in [0.25, 0.3) is 0 Å². The zero-order valence-electron chi connectivity index (χ0n) is 15.9. The number of nitrogens with one attached hydrogen (secondary N) is 1. The van der Waals surface area contributed by atoms with Gasteiger partial charge in [0.15, 0.2) is 0 Å². The second-order valence-corrected chi connectivity index (χ2v) is 7.10. The van der Waals surface area contributed by atoms with Gasteiger partial charge in [-0.25, -0.2) is 4.79 Å². The fourth-order valence-corrected chi connectivity index (χ4v) is 3.02. The van der Waals surface area contributed by atoms with Gasteiger partial charge in [0.05, 0.1) is 34.6 Å². The monoisotopic (exact) mass is 494 g/mol. The molecule has 2 rings (SSSR count). The quantitative estimate of drug-likeness (QED) is 0.290. The molecular formula is C9H9FN2Na4O11P2. The van der Waals surface area contributed by atoms with Gasteiger partial charge in [-0.15, -0.1) is 0 Å². The Labute approximate surface area is 251 Å². The van der Waals surface area contributed by atoms with Crippen LogP contribution < -0.4 is 149 Å². The Kier molecular flexibility index (Phi) is 18.7. The second kappa shape index (κ2) is 14.9. The molecule has 1 aromatic rings.